The predicted octanol–water partition coefficient (Wildman–Crippen LogP) is 3.73. The van der Waals surface area contributed by atoms with Gasteiger partial charge in [0, 0.05) is 24.5 Å². The number of nitrogens with one attached hydrogen (secondary N) is 2. The summed E-state index contributed by atoms with van der Waals surface area (Å²) in [6.07, 6.45) is 5.70. The van der Waals surface area contributed by atoms with Gasteiger partial charge in [-0.3, -0.25) is 0 Å². The van der Waals surface area contributed by atoms with E-state index in [1.807, 2.05) is 29.2 Å². The van der Waals surface area contributed by atoms with E-state index in [0.717, 1.165) is 49.3 Å². The first-order chi connectivity index (χ1) is 13.7. The second-order valence-corrected chi connectivity index (χ2v) is 7.49. The minimum atomic E-state index is -0.0315. The van der Waals surface area contributed by atoms with Crippen molar-refractivity contribution in [1.29, 1.82) is 0 Å². The Morgan fingerprint density at radius 1 is 0.964 bits per heavy atom. The maximum absolute atomic E-state index is 12.2. The van der Waals surface area contributed by atoms with Crippen molar-refractivity contribution in [2.24, 2.45) is 10.7 Å². The van der Waals surface area contributed by atoms with Crippen molar-refractivity contribution in [2.75, 3.05) is 23.7 Å². The highest BCUT2D eigenvalue weighted by atomic mass is 16.2. The van der Waals surface area contributed by atoms with Crippen LogP contribution in [-0.4, -0.2) is 30.0 Å². The van der Waals surface area contributed by atoms with Gasteiger partial charge in [0.1, 0.15) is 0 Å². The standard InChI is InChI=1S/C22H27N5O/c23-21(25-20-10-9-17-6-4-7-18(17)14-20)24-15-16-5-3-8-19(13-16)26-22(28)27-11-1-2-12-27/h3,5,8-10,13-14H,1-2,4,6-7,11-12,15H2,(H,26,28)(H3,23,24,25). The van der Waals surface area contributed by atoms with E-state index in [1.165, 1.54) is 24.0 Å². The van der Waals surface area contributed by atoms with Crippen molar-refractivity contribution >= 4 is 23.4 Å². The number of hydrogen-bond donors (Lipinski definition) is 3. The zero-order valence-corrected chi connectivity index (χ0v) is 16.1. The van der Waals surface area contributed by atoms with E-state index in [4.69, 9.17) is 5.73 Å². The Hall–Kier alpha value is -3.02. The van der Waals surface area contributed by atoms with Gasteiger partial charge in [-0.15, -0.1) is 0 Å². The highest BCUT2D eigenvalue weighted by Gasteiger charge is 2.17. The molecule has 6 heteroatoms. The minimum Gasteiger partial charge on any atom is -0.370 e. The van der Waals surface area contributed by atoms with Gasteiger partial charge in [0.15, 0.2) is 5.96 Å². The molecule has 0 spiro atoms. The van der Waals surface area contributed by atoms with Crippen molar-refractivity contribution in [3.8, 4) is 0 Å². The normalized spacial score (nSPS) is 16.1. The summed E-state index contributed by atoms with van der Waals surface area (Å²) in [6.45, 7) is 2.12. The van der Waals surface area contributed by atoms with Crippen LogP contribution in [-0.2, 0) is 19.4 Å². The molecule has 2 aliphatic rings. The van der Waals surface area contributed by atoms with Gasteiger partial charge in [-0.05, 0) is 73.1 Å². The largest absolute Gasteiger partial charge is 0.370 e. The lowest BCUT2D eigenvalue weighted by Gasteiger charge is -2.16. The number of nitrogens with two attached hydrogens (primary N) is 1. The summed E-state index contributed by atoms with van der Waals surface area (Å²) in [4.78, 5) is 18.5. The summed E-state index contributed by atoms with van der Waals surface area (Å²) < 4.78 is 0. The number of urea groups is 1. The third-order valence-corrected chi connectivity index (χ3v) is 5.37. The molecule has 0 unspecified atom stereocenters. The summed E-state index contributed by atoms with van der Waals surface area (Å²) in [5.74, 6) is 0.393. The Morgan fingerprint density at radius 2 is 1.75 bits per heavy atom. The molecule has 4 N–H and O–H groups in total. The first-order valence-corrected chi connectivity index (χ1v) is 10.0. The molecule has 146 valence electrons. The number of anilines is 2. The number of guanidine groups is 1. The summed E-state index contributed by atoms with van der Waals surface area (Å²) in [6, 6.07) is 14.1. The van der Waals surface area contributed by atoms with Crippen LogP contribution in [0.4, 0.5) is 16.2 Å². The van der Waals surface area contributed by atoms with Gasteiger partial charge < -0.3 is 21.3 Å². The Bertz CT molecular complexity index is 886. The number of rotatable bonds is 4. The topological polar surface area (TPSA) is 82.7 Å². The Labute approximate surface area is 165 Å². The van der Waals surface area contributed by atoms with E-state index >= 15 is 0 Å². The van der Waals surface area contributed by atoms with E-state index in [2.05, 4.69) is 33.8 Å². The van der Waals surface area contributed by atoms with Crippen LogP contribution in [0, 0.1) is 0 Å². The molecule has 1 heterocycles. The Morgan fingerprint density at radius 3 is 2.61 bits per heavy atom. The van der Waals surface area contributed by atoms with E-state index < -0.39 is 0 Å². The summed E-state index contributed by atoms with van der Waals surface area (Å²) in [5.41, 5.74) is 11.7. The van der Waals surface area contributed by atoms with Crippen LogP contribution in [0.25, 0.3) is 0 Å². The molecule has 0 radical (unpaired) electrons. The molecule has 1 aliphatic carbocycles. The molecule has 1 aliphatic heterocycles. The molecule has 0 atom stereocenters. The zero-order valence-electron chi connectivity index (χ0n) is 16.1. The third-order valence-electron chi connectivity index (χ3n) is 5.37. The van der Waals surface area contributed by atoms with Crippen molar-refractivity contribution in [3.05, 3.63) is 59.2 Å². The Balaban J connectivity index is 1.35. The molecule has 0 saturated carbocycles. The number of carbonyl (C=O) groups is 1. The predicted molar refractivity (Wildman–Crippen MR) is 114 cm³/mol. The van der Waals surface area contributed by atoms with Crippen LogP contribution in [0.5, 0.6) is 0 Å². The number of amides is 2. The molecule has 4 rings (SSSR count). The van der Waals surface area contributed by atoms with Crippen molar-refractivity contribution < 1.29 is 4.79 Å². The number of aryl methyl sites for hydroxylation is 2. The lowest BCUT2D eigenvalue weighted by Crippen LogP contribution is -2.32. The number of aliphatic imine (C=N–C) groups is 1. The van der Waals surface area contributed by atoms with E-state index in [0.29, 0.717) is 12.5 Å². The Kier molecular flexibility index (Phi) is 5.46. The first kappa shape index (κ1) is 18.3. The fourth-order valence-corrected chi connectivity index (χ4v) is 3.88. The first-order valence-electron chi connectivity index (χ1n) is 10.0. The van der Waals surface area contributed by atoms with E-state index in [1.54, 1.807) is 0 Å². The number of benzene rings is 2. The van der Waals surface area contributed by atoms with Gasteiger partial charge in [-0.25, -0.2) is 9.79 Å². The molecule has 2 amide bonds. The molecule has 1 fully saturated rings. The van der Waals surface area contributed by atoms with Crippen molar-refractivity contribution in [2.45, 2.75) is 38.6 Å². The smallest absolute Gasteiger partial charge is 0.321 e. The lowest BCUT2D eigenvalue weighted by atomic mass is 10.1. The average molecular weight is 377 g/mol. The number of hydrogen-bond acceptors (Lipinski definition) is 2. The monoisotopic (exact) mass is 377 g/mol. The molecule has 1 saturated heterocycles. The molecule has 0 bridgehead atoms. The zero-order chi connectivity index (χ0) is 19.3. The highest BCUT2D eigenvalue weighted by Crippen LogP contribution is 2.24. The molecule has 28 heavy (non-hydrogen) atoms. The van der Waals surface area contributed by atoms with Crippen molar-refractivity contribution in [1.82, 2.24) is 4.90 Å². The van der Waals surface area contributed by atoms with Gasteiger partial charge in [0.2, 0.25) is 0 Å². The van der Waals surface area contributed by atoms with Crippen LogP contribution in [0.15, 0.2) is 47.5 Å². The van der Waals surface area contributed by atoms with Crippen LogP contribution in [0.1, 0.15) is 36.0 Å². The van der Waals surface area contributed by atoms with E-state index in [9.17, 15) is 4.79 Å². The molecule has 0 aromatic heterocycles. The van der Waals surface area contributed by atoms with Crippen LogP contribution in [0.2, 0.25) is 0 Å². The fraction of sp³-hybridized carbons (Fsp3) is 0.364. The number of carbonyl (C=O) groups excluding carboxylic acids is 1. The minimum absolute atomic E-state index is 0.0315. The van der Waals surface area contributed by atoms with Gasteiger partial charge in [0.05, 0.1) is 6.54 Å². The molecular formula is C22H27N5O. The molecule has 6 nitrogen and oxygen atoms in total. The average Bonchev–Trinajstić information content (AvgIpc) is 3.38. The second kappa shape index (κ2) is 8.33. The summed E-state index contributed by atoms with van der Waals surface area (Å²) >= 11 is 0. The molecule has 2 aromatic carbocycles. The quantitative estimate of drug-likeness (QED) is 0.561. The lowest BCUT2D eigenvalue weighted by molar-refractivity contribution is 0.222. The van der Waals surface area contributed by atoms with Gasteiger partial charge in [-0.1, -0.05) is 18.2 Å². The van der Waals surface area contributed by atoms with Gasteiger partial charge in [-0.2, -0.15) is 0 Å². The number of likely N-dealkylation sites (tertiary alicyclic amines) is 1. The number of fused-ring (bicyclic) bond motifs is 1. The number of nitrogens with zero attached hydrogens (tertiary/aromatic N) is 2. The van der Waals surface area contributed by atoms with E-state index in [-0.39, 0.29) is 6.03 Å². The summed E-state index contributed by atoms with van der Waals surface area (Å²) in [7, 11) is 0. The molecular weight excluding hydrogens is 350 g/mol. The maximum Gasteiger partial charge on any atom is 0.321 e. The fourth-order valence-electron chi connectivity index (χ4n) is 3.88. The highest BCUT2D eigenvalue weighted by molar-refractivity contribution is 5.92. The van der Waals surface area contributed by atoms with Crippen molar-refractivity contribution in [3.63, 3.8) is 0 Å². The SMILES string of the molecule is NC(=NCc1cccc(NC(=O)N2CCCC2)c1)Nc1ccc2c(c1)CCC2. The maximum atomic E-state index is 12.2. The van der Waals surface area contributed by atoms with Crippen LogP contribution in [0.3, 0.4) is 0 Å². The summed E-state index contributed by atoms with van der Waals surface area (Å²) in [5, 5.41) is 6.14. The van der Waals surface area contributed by atoms with Crippen LogP contribution >= 0.6 is 0 Å². The molecule has 2 aromatic rings. The van der Waals surface area contributed by atoms with Crippen LogP contribution < -0.4 is 16.4 Å². The third kappa shape index (κ3) is 4.44. The second-order valence-electron chi connectivity index (χ2n) is 7.49. The van der Waals surface area contributed by atoms with Gasteiger partial charge in [0.25, 0.3) is 0 Å². The van der Waals surface area contributed by atoms with Gasteiger partial charge >= 0.3 is 6.03 Å².